The first-order valence-electron chi connectivity index (χ1n) is 7.40. The van der Waals surface area contributed by atoms with E-state index >= 15 is 0 Å². The summed E-state index contributed by atoms with van der Waals surface area (Å²) in [5.74, 6) is -0.0330. The summed E-state index contributed by atoms with van der Waals surface area (Å²) < 4.78 is 32.3. The van der Waals surface area contributed by atoms with Crippen molar-refractivity contribution in [2.24, 2.45) is 0 Å². The molecule has 0 saturated carbocycles. The lowest BCUT2D eigenvalue weighted by molar-refractivity contribution is -0.139. The minimum atomic E-state index is -3.40. The maximum absolute atomic E-state index is 12.8. The Morgan fingerprint density at radius 3 is 2.60 bits per heavy atom. The molecule has 3 fully saturated rings. The fourth-order valence-electron chi connectivity index (χ4n) is 3.53. The summed E-state index contributed by atoms with van der Waals surface area (Å²) in [5, 5.41) is -0.389. The van der Waals surface area contributed by atoms with Gasteiger partial charge in [0, 0.05) is 32.3 Å². The van der Waals surface area contributed by atoms with Gasteiger partial charge in [0.25, 0.3) is 0 Å². The summed E-state index contributed by atoms with van der Waals surface area (Å²) in [4.78, 5) is 14.2. The Bertz CT molecular complexity index is 487. The van der Waals surface area contributed by atoms with Crippen LogP contribution in [0, 0.1) is 0 Å². The van der Waals surface area contributed by atoms with E-state index in [9.17, 15) is 13.2 Å². The van der Waals surface area contributed by atoms with Crippen molar-refractivity contribution in [3.63, 3.8) is 0 Å². The van der Waals surface area contributed by atoms with Gasteiger partial charge in [-0.1, -0.05) is 0 Å². The Kier molecular flexibility index (Phi) is 3.77. The van der Waals surface area contributed by atoms with E-state index in [4.69, 9.17) is 4.74 Å². The van der Waals surface area contributed by atoms with Crippen LogP contribution >= 0.6 is 0 Å². The van der Waals surface area contributed by atoms with Crippen LogP contribution < -0.4 is 0 Å². The zero-order valence-electron chi connectivity index (χ0n) is 11.8. The normalized spacial score (nSPS) is 33.5. The molecule has 0 aromatic heterocycles. The fourth-order valence-corrected chi connectivity index (χ4v) is 5.62. The molecule has 3 rings (SSSR count). The van der Waals surface area contributed by atoms with E-state index in [1.54, 1.807) is 6.92 Å². The molecule has 3 aliphatic heterocycles. The number of carbonyl (C=O) groups excluding carboxylic acids is 1. The highest BCUT2D eigenvalue weighted by atomic mass is 32.2. The predicted octanol–water partition coefficient (Wildman–Crippen LogP) is 0.190. The molecule has 7 heteroatoms. The maximum Gasteiger partial charge on any atom is 0.241 e. The SMILES string of the molecule is C[C@@H]1C(=O)N2CCC[C@@H]2CN1S(=O)(=O)C1CCOCC1. The zero-order chi connectivity index (χ0) is 14.3. The monoisotopic (exact) mass is 302 g/mol. The Morgan fingerprint density at radius 1 is 1.20 bits per heavy atom. The number of rotatable bonds is 2. The molecule has 0 bridgehead atoms. The van der Waals surface area contributed by atoms with Crippen molar-refractivity contribution in [2.45, 2.75) is 49.9 Å². The first kappa shape index (κ1) is 14.3. The molecule has 20 heavy (non-hydrogen) atoms. The fraction of sp³-hybridized carbons (Fsp3) is 0.923. The van der Waals surface area contributed by atoms with Crippen LogP contribution in [0.5, 0.6) is 0 Å². The number of carbonyl (C=O) groups is 1. The molecule has 0 N–H and O–H groups in total. The van der Waals surface area contributed by atoms with Gasteiger partial charge in [-0.25, -0.2) is 8.42 Å². The first-order valence-corrected chi connectivity index (χ1v) is 8.91. The van der Waals surface area contributed by atoms with E-state index in [0.717, 1.165) is 19.4 Å². The molecule has 6 nitrogen and oxygen atoms in total. The molecule has 2 atom stereocenters. The van der Waals surface area contributed by atoms with Crippen molar-refractivity contribution < 1.29 is 17.9 Å². The lowest BCUT2D eigenvalue weighted by Crippen LogP contribution is -2.61. The molecule has 0 radical (unpaired) electrons. The lowest BCUT2D eigenvalue weighted by Gasteiger charge is -2.42. The van der Waals surface area contributed by atoms with Gasteiger partial charge in [-0.05, 0) is 32.6 Å². The highest BCUT2D eigenvalue weighted by Gasteiger charge is 2.46. The molecule has 1 amide bonds. The number of nitrogens with zero attached hydrogens (tertiary/aromatic N) is 2. The second-order valence-electron chi connectivity index (χ2n) is 5.93. The summed E-state index contributed by atoms with van der Waals surface area (Å²) in [6.45, 7) is 3.95. The van der Waals surface area contributed by atoms with Gasteiger partial charge in [0.1, 0.15) is 6.04 Å². The Labute approximate surface area is 120 Å². The number of amides is 1. The summed E-state index contributed by atoms with van der Waals surface area (Å²) >= 11 is 0. The van der Waals surface area contributed by atoms with Crippen molar-refractivity contribution in [2.75, 3.05) is 26.3 Å². The van der Waals surface area contributed by atoms with Gasteiger partial charge in [-0.3, -0.25) is 4.79 Å². The van der Waals surface area contributed by atoms with Gasteiger partial charge in [0.15, 0.2) is 0 Å². The largest absolute Gasteiger partial charge is 0.381 e. The van der Waals surface area contributed by atoms with E-state index in [1.807, 2.05) is 4.90 Å². The quantitative estimate of drug-likeness (QED) is 0.730. The van der Waals surface area contributed by atoms with Gasteiger partial charge in [-0.2, -0.15) is 4.31 Å². The van der Waals surface area contributed by atoms with E-state index in [0.29, 0.717) is 32.6 Å². The molecule has 0 aliphatic carbocycles. The van der Waals surface area contributed by atoms with Gasteiger partial charge in [-0.15, -0.1) is 0 Å². The van der Waals surface area contributed by atoms with Gasteiger partial charge >= 0.3 is 0 Å². The predicted molar refractivity (Wildman–Crippen MR) is 73.7 cm³/mol. The highest BCUT2D eigenvalue weighted by Crippen LogP contribution is 2.30. The van der Waals surface area contributed by atoms with E-state index in [2.05, 4.69) is 0 Å². The van der Waals surface area contributed by atoms with Gasteiger partial charge in [0.05, 0.1) is 5.25 Å². The zero-order valence-corrected chi connectivity index (χ0v) is 12.6. The summed E-state index contributed by atoms with van der Waals surface area (Å²) in [5.41, 5.74) is 0. The molecule has 0 spiro atoms. The second kappa shape index (κ2) is 5.27. The molecule has 3 aliphatic rings. The summed E-state index contributed by atoms with van der Waals surface area (Å²) in [7, 11) is -3.40. The van der Waals surface area contributed by atoms with Crippen molar-refractivity contribution >= 4 is 15.9 Å². The van der Waals surface area contributed by atoms with Crippen LogP contribution in [-0.4, -0.2) is 67.2 Å². The summed E-state index contributed by atoms with van der Waals surface area (Å²) in [6, 6.07) is -0.481. The topological polar surface area (TPSA) is 66.9 Å². The van der Waals surface area contributed by atoms with Crippen LogP contribution in [0.4, 0.5) is 0 Å². The van der Waals surface area contributed by atoms with Gasteiger partial charge in [0.2, 0.25) is 15.9 Å². The molecular weight excluding hydrogens is 280 g/mol. The van der Waals surface area contributed by atoms with Crippen molar-refractivity contribution in [1.82, 2.24) is 9.21 Å². The average Bonchev–Trinajstić information content (AvgIpc) is 2.92. The van der Waals surface area contributed by atoms with Crippen LogP contribution in [0.1, 0.15) is 32.6 Å². The molecule has 0 aromatic carbocycles. The lowest BCUT2D eigenvalue weighted by atomic mass is 10.1. The Hall–Kier alpha value is -0.660. The number of ether oxygens (including phenoxy) is 1. The van der Waals surface area contributed by atoms with Crippen molar-refractivity contribution in [1.29, 1.82) is 0 Å². The van der Waals surface area contributed by atoms with Crippen LogP contribution in [0.25, 0.3) is 0 Å². The second-order valence-corrected chi connectivity index (χ2v) is 8.10. The van der Waals surface area contributed by atoms with Crippen LogP contribution in [0.3, 0.4) is 0 Å². The van der Waals surface area contributed by atoms with Crippen LogP contribution in [-0.2, 0) is 19.6 Å². The van der Waals surface area contributed by atoms with Crippen molar-refractivity contribution in [3.8, 4) is 0 Å². The van der Waals surface area contributed by atoms with E-state index in [-0.39, 0.29) is 17.2 Å². The van der Waals surface area contributed by atoms with E-state index in [1.165, 1.54) is 4.31 Å². The Balaban J connectivity index is 1.83. The van der Waals surface area contributed by atoms with Gasteiger partial charge < -0.3 is 9.64 Å². The number of fused-ring (bicyclic) bond motifs is 1. The first-order chi connectivity index (χ1) is 9.51. The minimum Gasteiger partial charge on any atom is -0.381 e. The number of sulfonamides is 1. The minimum absolute atomic E-state index is 0.0330. The third-order valence-electron chi connectivity index (χ3n) is 4.76. The molecular formula is C13H22N2O4S. The molecule has 114 valence electrons. The molecule has 3 heterocycles. The van der Waals surface area contributed by atoms with Crippen LogP contribution in [0.15, 0.2) is 0 Å². The summed E-state index contributed by atoms with van der Waals surface area (Å²) in [6.07, 6.45) is 2.97. The standard InChI is InChI=1S/C13H22N2O4S/c1-10-13(16)14-6-2-3-11(14)9-15(10)20(17,18)12-4-7-19-8-5-12/h10-12H,2-9H2,1H3/t10-,11-/m1/s1. The molecule has 0 unspecified atom stereocenters. The third kappa shape index (κ3) is 2.25. The third-order valence-corrected chi connectivity index (χ3v) is 7.19. The highest BCUT2D eigenvalue weighted by molar-refractivity contribution is 7.89. The molecule has 3 saturated heterocycles. The number of piperazine rings is 1. The molecule has 0 aromatic rings. The van der Waals surface area contributed by atoms with E-state index < -0.39 is 16.1 Å². The smallest absolute Gasteiger partial charge is 0.241 e. The van der Waals surface area contributed by atoms with Crippen LogP contribution in [0.2, 0.25) is 0 Å². The maximum atomic E-state index is 12.8. The number of hydrogen-bond acceptors (Lipinski definition) is 4. The Morgan fingerprint density at radius 2 is 1.90 bits per heavy atom. The number of hydrogen-bond donors (Lipinski definition) is 0. The van der Waals surface area contributed by atoms with Crippen molar-refractivity contribution in [3.05, 3.63) is 0 Å². The average molecular weight is 302 g/mol.